The fourth-order valence-electron chi connectivity index (χ4n) is 3.48. The van der Waals surface area contributed by atoms with Crippen molar-refractivity contribution >= 4 is 5.91 Å². The molecule has 1 amide bonds. The minimum atomic E-state index is 0.0586. The lowest BCUT2D eigenvalue weighted by Crippen LogP contribution is -2.42. The van der Waals surface area contributed by atoms with E-state index >= 15 is 0 Å². The summed E-state index contributed by atoms with van der Waals surface area (Å²) < 4.78 is 5.78. The van der Waals surface area contributed by atoms with Crippen molar-refractivity contribution < 1.29 is 9.53 Å². The zero-order valence-electron chi connectivity index (χ0n) is 14.8. The Kier molecular flexibility index (Phi) is 6.60. The molecule has 128 valence electrons. The first kappa shape index (κ1) is 18.0. The molecule has 0 aromatic heterocycles. The second-order valence-electron chi connectivity index (χ2n) is 6.86. The van der Waals surface area contributed by atoms with E-state index in [9.17, 15) is 4.79 Å². The molecule has 1 N–H and O–H groups in total. The summed E-state index contributed by atoms with van der Waals surface area (Å²) in [5.74, 6) is 0.114. The first-order chi connectivity index (χ1) is 11.0. The van der Waals surface area contributed by atoms with Gasteiger partial charge in [0, 0.05) is 12.5 Å². The Labute approximate surface area is 140 Å². The first-order valence-corrected chi connectivity index (χ1v) is 8.63. The van der Waals surface area contributed by atoms with Crippen LogP contribution in [0.25, 0.3) is 0 Å². The standard InChI is InChI=1S/C19H30N2O2/c1-14-10-11-17(23-14)12-13-18(22)20-15(2)19(21(3)4)16-8-6-5-7-9-16/h5-9,14-15,17,19H,10-13H2,1-4H3,(H,20,22)/t14-,15-,17-,19-/m1/s1. The molecule has 4 heteroatoms. The van der Waals surface area contributed by atoms with Gasteiger partial charge in [0.1, 0.15) is 0 Å². The van der Waals surface area contributed by atoms with Crippen LogP contribution >= 0.6 is 0 Å². The molecule has 0 unspecified atom stereocenters. The van der Waals surface area contributed by atoms with Crippen LogP contribution in [-0.4, -0.2) is 43.2 Å². The van der Waals surface area contributed by atoms with Crippen molar-refractivity contribution in [3.63, 3.8) is 0 Å². The Hall–Kier alpha value is -1.39. The summed E-state index contributed by atoms with van der Waals surface area (Å²) in [6.45, 7) is 4.17. The summed E-state index contributed by atoms with van der Waals surface area (Å²) >= 11 is 0. The number of carbonyl (C=O) groups is 1. The number of ether oxygens (including phenoxy) is 1. The van der Waals surface area contributed by atoms with Gasteiger partial charge in [-0.2, -0.15) is 0 Å². The van der Waals surface area contributed by atoms with Crippen LogP contribution < -0.4 is 5.32 Å². The summed E-state index contributed by atoms with van der Waals surface area (Å²) in [5.41, 5.74) is 1.22. The molecule has 1 aromatic rings. The van der Waals surface area contributed by atoms with Crippen LogP contribution in [0, 0.1) is 0 Å². The van der Waals surface area contributed by atoms with Gasteiger partial charge < -0.3 is 15.0 Å². The lowest BCUT2D eigenvalue weighted by Gasteiger charge is -2.31. The van der Waals surface area contributed by atoms with Crippen molar-refractivity contribution in [2.45, 2.75) is 63.8 Å². The SMILES string of the molecule is C[C@@H]1CC[C@H](CCC(=O)N[C@H](C)[C@H](c2ccccc2)N(C)C)O1. The Balaban J connectivity index is 1.85. The van der Waals surface area contributed by atoms with Gasteiger partial charge in [-0.1, -0.05) is 30.3 Å². The minimum Gasteiger partial charge on any atom is -0.375 e. The number of nitrogens with zero attached hydrogens (tertiary/aromatic N) is 1. The van der Waals surface area contributed by atoms with E-state index < -0.39 is 0 Å². The molecule has 1 heterocycles. The van der Waals surface area contributed by atoms with E-state index in [0.717, 1.165) is 19.3 Å². The number of likely N-dealkylation sites (N-methyl/N-ethyl adjacent to an activating group) is 1. The maximum absolute atomic E-state index is 12.3. The Morgan fingerprint density at radius 1 is 1.30 bits per heavy atom. The van der Waals surface area contributed by atoms with Crippen LogP contribution in [0.15, 0.2) is 30.3 Å². The van der Waals surface area contributed by atoms with Crippen LogP contribution in [0.3, 0.4) is 0 Å². The topological polar surface area (TPSA) is 41.6 Å². The highest BCUT2D eigenvalue weighted by Crippen LogP contribution is 2.24. The normalized spacial score (nSPS) is 23.7. The van der Waals surface area contributed by atoms with Gasteiger partial charge >= 0.3 is 0 Å². The number of nitrogens with one attached hydrogen (secondary N) is 1. The van der Waals surface area contributed by atoms with Gasteiger partial charge in [0.2, 0.25) is 5.91 Å². The molecule has 1 aliphatic rings. The highest BCUT2D eigenvalue weighted by molar-refractivity contribution is 5.76. The molecule has 4 atom stereocenters. The molecular formula is C19H30N2O2. The molecule has 0 aliphatic carbocycles. The van der Waals surface area contributed by atoms with Crippen molar-refractivity contribution in [3.8, 4) is 0 Å². The van der Waals surface area contributed by atoms with Gasteiger partial charge in [0.15, 0.2) is 0 Å². The monoisotopic (exact) mass is 318 g/mol. The van der Waals surface area contributed by atoms with Gasteiger partial charge in [0.25, 0.3) is 0 Å². The third-order valence-electron chi connectivity index (χ3n) is 4.57. The number of hydrogen-bond acceptors (Lipinski definition) is 3. The smallest absolute Gasteiger partial charge is 0.220 e. The lowest BCUT2D eigenvalue weighted by atomic mass is 9.99. The number of hydrogen-bond donors (Lipinski definition) is 1. The van der Waals surface area contributed by atoms with Gasteiger partial charge in [-0.15, -0.1) is 0 Å². The van der Waals surface area contributed by atoms with Crippen LogP contribution in [0.1, 0.15) is 51.1 Å². The lowest BCUT2D eigenvalue weighted by molar-refractivity contribution is -0.122. The predicted octanol–water partition coefficient (Wildman–Crippen LogP) is 3.14. The summed E-state index contributed by atoms with van der Waals surface area (Å²) in [5, 5.41) is 3.16. The molecule has 0 bridgehead atoms. The van der Waals surface area contributed by atoms with Crippen LogP contribution in [0.4, 0.5) is 0 Å². The molecule has 23 heavy (non-hydrogen) atoms. The minimum absolute atomic E-state index is 0.0586. The fourth-order valence-corrected chi connectivity index (χ4v) is 3.48. The van der Waals surface area contributed by atoms with Crippen LogP contribution in [0.2, 0.25) is 0 Å². The zero-order chi connectivity index (χ0) is 16.8. The van der Waals surface area contributed by atoms with E-state index in [1.165, 1.54) is 5.56 Å². The quantitative estimate of drug-likeness (QED) is 0.840. The third-order valence-corrected chi connectivity index (χ3v) is 4.57. The largest absolute Gasteiger partial charge is 0.375 e. The number of carbonyl (C=O) groups excluding carboxylic acids is 1. The number of rotatable bonds is 7. The van der Waals surface area contributed by atoms with E-state index in [4.69, 9.17) is 4.74 Å². The maximum atomic E-state index is 12.3. The number of benzene rings is 1. The molecule has 2 rings (SSSR count). The van der Waals surface area contributed by atoms with Gasteiger partial charge in [-0.3, -0.25) is 4.79 Å². The molecule has 4 nitrogen and oxygen atoms in total. The molecule has 1 fully saturated rings. The molecular weight excluding hydrogens is 288 g/mol. The first-order valence-electron chi connectivity index (χ1n) is 8.63. The molecule has 1 aliphatic heterocycles. The Bertz CT molecular complexity index is 489. The summed E-state index contributed by atoms with van der Waals surface area (Å²) in [7, 11) is 4.10. The molecule has 0 saturated carbocycles. The van der Waals surface area contributed by atoms with Gasteiger partial charge in [-0.05, 0) is 52.8 Å². The maximum Gasteiger partial charge on any atom is 0.220 e. The third kappa shape index (κ3) is 5.33. The predicted molar refractivity (Wildman–Crippen MR) is 93.3 cm³/mol. The van der Waals surface area contributed by atoms with Gasteiger partial charge in [0.05, 0.1) is 18.2 Å². The molecule has 0 spiro atoms. The molecule has 1 aromatic carbocycles. The highest BCUT2D eigenvalue weighted by atomic mass is 16.5. The highest BCUT2D eigenvalue weighted by Gasteiger charge is 2.25. The average Bonchev–Trinajstić information content (AvgIpc) is 2.91. The Morgan fingerprint density at radius 3 is 2.57 bits per heavy atom. The summed E-state index contributed by atoms with van der Waals surface area (Å²) in [4.78, 5) is 14.4. The van der Waals surface area contributed by atoms with Crippen molar-refractivity contribution in [2.75, 3.05) is 14.1 Å². The van der Waals surface area contributed by atoms with Gasteiger partial charge in [-0.25, -0.2) is 0 Å². The van der Waals surface area contributed by atoms with E-state index in [0.29, 0.717) is 12.5 Å². The van der Waals surface area contributed by atoms with Crippen LogP contribution in [-0.2, 0) is 9.53 Å². The molecule has 0 radical (unpaired) electrons. The van der Waals surface area contributed by atoms with Crippen LogP contribution in [0.5, 0.6) is 0 Å². The van der Waals surface area contributed by atoms with Crippen molar-refractivity contribution in [2.24, 2.45) is 0 Å². The van der Waals surface area contributed by atoms with E-state index in [1.807, 2.05) is 32.3 Å². The second-order valence-corrected chi connectivity index (χ2v) is 6.86. The Morgan fingerprint density at radius 2 is 2.00 bits per heavy atom. The van der Waals surface area contributed by atoms with Crippen molar-refractivity contribution in [1.29, 1.82) is 0 Å². The molecule has 1 saturated heterocycles. The zero-order valence-corrected chi connectivity index (χ0v) is 14.8. The van der Waals surface area contributed by atoms with E-state index in [2.05, 4.69) is 36.2 Å². The fraction of sp³-hybridized carbons (Fsp3) is 0.632. The van der Waals surface area contributed by atoms with E-state index in [1.54, 1.807) is 0 Å². The van der Waals surface area contributed by atoms with E-state index in [-0.39, 0.29) is 24.1 Å². The second kappa shape index (κ2) is 8.46. The number of amides is 1. The summed E-state index contributed by atoms with van der Waals surface area (Å²) in [6, 6.07) is 10.5. The average molecular weight is 318 g/mol. The van der Waals surface area contributed by atoms with Crippen molar-refractivity contribution in [3.05, 3.63) is 35.9 Å². The van der Waals surface area contributed by atoms with Crippen molar-refractivity contribution in [1.82, 2.24) is 10.2 Å². The summed E-state index contributed by atoms with van der Waals surface area (Å²) in [6.07, 6.45) is 4.15.